The Kier molecular flexibility index (Phi) is 5.64. The first-order valence-electron chi connectivity index (χ1n) is 9.47. The summed E-state index contributed by atoms with van der Waals surface area (Å²) in [6, 6.07) is 5.34. The summed E-state index contributed by atoms with van der Waals surface area (Å²) in [6.45, 7) is 10.4. The fourth-order valence-electron chi connectivity index (χ4n) is 3.52. The summed E-state index contributed by atoms with van der Waals surface area (Å²) in [7, 11) is 1.44. The third-order valence-electron chi connectivity index (χ3n) is 5.07. The molecule has 0 spiro atoms. The normalized spacial score (nSPS) is 18.6. The van der Waals surface area contributed by atoms with Crippen molar-refractivity contribution in [2.45, 2.75) is 32.4 Å². The van der Waals surface area contributed by atoms with E-state index in [2.05, 4.69) is 9.80 Å². The van der Waals surface area contributed by atoms with Crippen LogP contribution < -0.4 is 9.64 Å². The van der Waals surface area contributed by atoms with E-state index >= 15 is 0 Å². The number of carbonyl (C=O) groups is 1. The van der Waals surface area contributed by atoms with Gasteiger partial charge in [-0.25, -0.2) is 4.79 Å². The molecular formula is C19H28N4O5. The molecule has 3 rings (SSSR count). The first-order chi connectivity index (χ1) is 13.2. The number of hydrogen-bond acceptors (Lipinski definition) is 7. The number of likely N-dealkylation sites (tertiary alicyclic amines) is 1. The highest BCUT2D eigenvalue weighted by Crippen LogP contribution is 2.32. The highest BCUT2D eigenvalue weighted by Gasteiger charge is 2.38. The van der Waals surface area contributed by atoms with Crippen LogP contribution in [0.5, 0.6) is 5.75 Å². The maximum absolute atomic E-state index is 12.1. The summed E-state index contributed by atoms with van der Waals surface area (Å²) in [5.74, 6) is 0.275. The molecule has 28 heavy (non-hydrogen) atoms. The third kappa shape index (κ3) is 4.46. The number of rotatable bonds is 4. The molecule has 0 atom stereocenters. The Bertz CT molecular complexity index is 734. The predicted octanol–water partition coefficient (Wildman–Crippen LogP) is 2.34. The number of hydrogen-bond donors (Lipinski definition) is 0. The molecule has 1 aromatic carbocycles. The van der Waals surface area contributed by atoms with Crippen molar-refractivity contribution in [1.82, 2.24) is 9.80 Å². The topological polar surface area (TPSA) is 88.4 Å². The maximum atomic E-state index is 12.1. The van der Waals surface area contributed by atoms with Gasteiger partial charge in [-0.15, -0.1) is 0 Å². The molecule has 1 aromatic rings. The molecule has 154 valence electrons. The van der Waals surface area contributed by atoms with Crippen LogP contribution in [-0.2, 0) is 4.74 Å². The number of nitro benzene ring substituents is 1. The molecule has 0 aliphatic carbocycles. The molecule has 0 aromatic heterocycles. The van der Waals surface area contributed by atoms with E-state index in [9.17, 15) is 14.9 Å². The van der Waals surface area contributed by atoms with Crippen molar-refractivity contribution >= 4 is 17.5 Å². The molecule has 0 N–H and O–H groups in total. The Morgan fingerprint density at radius 1 is 1.18 bits per heavy atom. The van der Waals surface area contributed by atoms with E-state index in [-0.39, 0.29) is 17.5 Å². The van der Waals surface area contributed by atoms with Gasteiger partial charge in [0.2, 0.25) is 0 Å². The Morgan fingerprint density at radius 3 is 2.36 bits per heavy atom. The average Bonchev–Trinajstić information content (AvgIpc) is 2.58. The van der Waals surface area contributed by atoms with Crippen LogP contribution in [0.3, 0.4) is 0 Å². The summed E-state index contributed by atoms with van der Waals surface area (Å²) in [6.07, 6.45) is -0.250. The Labute approximate surface area is 164 Å². The quantitative estimate of drug-likeness (QED) is 0.574. The van der Waals surface area contributed by atoms with Gasteiger partial charge >= 0.3 is 11.8 Å². The van der Waals surface area contributed by atoms with Crippen molar-refractivity contribution in [2.75, 3.05) is 51.3 Å². The molecule has 2 aliphatic heterocycles. The zero-order valence-electron chi connectivity index (χ0n) is 16.9. The first-order valence-corrected chi connectivity index (χ1v) is 9.47. The smallest absolute Gasteiger partial charge is 0.410 e. The molecular weight excluding hydrogens is 364 g/mol. The van der Waals surface area contributed by atoms with Gasteiger partial charge < -0.3 is 19.3 Å². The van der Waals surface area contributed by atoms with Gasteiger partial charge in [0.05, 0.1) is 12.0 Å². The van der Waals surface area contributed by atoms with Gasteiger partial charge in [-0.2, -0.15) is 0 Å². The van der Waals surface area contributed by atoms with Gasteiger partial charge in [-0.05, 0) is 26.8 Å². The number of nitro groups is 1. The second-order valence-electron chi connectivity index (χ2n) is 8.18. The molecule has 2 saturated heterocycles. The number of ether oxygens (including phenoxy) is 2. The second kappa shape index (κ2) is 7.83. The minimum atomic E-state index is -0.473. The van der Waals surface area contributed by atoms with Crippen LogP contribution in [0.2, 0.25) is 0 Å². The molecule has 0 unspecified atom stereocenters. The number of carbonyl (C=O) groups excluding carboxylic acids is 1. The fourth-order valence-corrected chi connectivity index (χ4v) is 3.52. The molecule has 2 aliphatic rings. The van der Waals surface area contributed by atoms with Crippen LogP contribution in [0.25, 0.3) is 0 Å². The summed E-state index contributed by atoms with van der Waals surface area (Å²) in [5.41, 5.74) is 0.423. The Morgan fingerprint density at radius 2 is 1.82 bits per heavy atom. The number of methoxy groups -OCH3 is 1. The lowest BCUT2D eigenvalue weighted by molar-refractivity contribution is -0.385. The van der Waals surface area contributed by atoms with E-state index < -0.39 is 10.5 Å². The van der Waals surface area contributed by atoms with Crippen molar-refractivity contribution in [3.8, 4) is 5.75 Å². The number of anilines is 1. The third-order valence-corrected chi connectivity index (χ3v) is 5.07. The first kappa shape index (κ1) is 20.2. The van der Waals surface area contributed by atoms with Crippen molar-refractivity contribution in [3.63, 3.8) is 0 Å². The van der Waals surface area contributed by atoms with E-state index in [1.54, 1.807) is 17.0 Å². The lowest BCUT2D eigenvalue weighted by atomic mass is 10.1. The highest BCUT2D eigenvalue weighted by molar-refractivity contribution is 5.69. The number of amides is 1. The monoisotopic (exact) mass is 392 g/mol. The Balaban J connectivity index is 1.51. The fraction of sp³-hybridized carbons (Fsp3) is 0.632. The van der Waals surface area contributed by atoms with Gasteiger partial charge in [0.1, 0.15) is 5.60 Å². The summed E-state index contributed by atoms with van der Waals surface area (Å²) < 4.78 is 10.6. The molecule has 2 heterocycles. The van der Waals surface area contributed by atoms with Crippen molar-refractivity contribution in [2.24, 2.45) is 0 Å². The molecule has 0 bridgehead atoms. The average molecular weight is 392 g/mol. The number of benzene rings is 1. The van der Waals surface area contributed by atoms with Gasteiger partial charge in [0.25, 0.3) is 0 Å². The lowest BCUT2D eigenvalue weighted by Crippen LogP contribution is -2.64. The molecule has 1 amide bonds. The van der Waals surface area contributed by atoms with Crippen molar-refractivity contribution < 1.29 is 19.2 Å². The van der Waals surface area contributed by atoms with Crippen molar-refractivity contribution in [1.29, 1.82) is 0 Å². The number of nitrogens with zero attached hydrogens (tertiary/aromatic N) is 4. The van der Waals surface area contributed by atoms with E-state index in [0.717, 1.165) is 31.9 Å². The zero-order chi connectivity index (χ0) is 20.5. The van der Waals surface area contributed by atoms with Gasteiger partial charge in [-0.1, -0.05) is 0 Å². The predicted molar refractivity (Wildman–Crippen MR) is 105 cm³/mol. The van der Waals surface area contributed by atoms with E-state index in [1.165, 1.54) is 13.2 Å². The number of piperazine rings is 1. The standard InChI is InChI=1S/C19H28N4O5/c1-19(2,3)28-18(24)22-12-15(13-22)21-9-7-20(8-10-21)14-5-6-16(23(25)26)17(11-14)27-4/h5-6,11,15H,7-10,12-13H2,1-4H3. The lowest BCUT2D eigenvalue weighted by Gasteiger charge is -2.48. The van der Waals surface area contributed by atoms with Crippen LogP contribution in [0.15, 0.2) is 18.2 Å². The second-order valence-corrected chi connectivity index (χ2v) is 8.18. The van der Waals surface area contributed by atoms with Crippen molar-refractivity contribution in [3.05, 3.63) is 28.3 Å². The zero-order valence-corrected chi connectivity index (χ0v) is 16.9. The maximum Gasteiger partial charge on any atom is 0.410 e. The van der Waals surface area contributed by atoms with Gasteiger partial charge in [-0.3, -0.25) is 15.0 Å². The minimum Gasteiger partial charge on any atom is -0.490 e. The molecule has 9 heteroatoms. The van der Waals surface area contributed by atoms with Gasteiger partial charge in [0, 0.05) is 63.1 Å². The summed E-state index contributed by atoms with van der Waals surface area (Å²) in [4.78, 5) is 29.0. The molecule has 0 radical (unpaired) electrons. The van der Waals surface area contributed by atoms with Crippen LogP contribution >= 0.6 is 0 Å². The van der Waals surface area contributed by atoms with E-state index in [4.69, 9.17) is 9.47 Å². The Hall–Kier alpha value is -2.55. The molecule has 0 saturated carbocycles. The summed E-state index contributed by atoms with van der Waals surface area (Å²) >= 11 is 0. The van der Waals surface area contributed by atoms with Crippen LogP contribution in [0.1, 0.15) is 20.8 Å². The largest absolute Gasteiger partial charge is 0.490 e. The van der Waals surface area contributed by atoms with Crippen LogP contribution in [-0.4, -0.2) is 78.8 Å². The molecule has 9 nitrogen and oxygen atoms in total. The van der Waals surface area contributed by atoms with Gasteiger partial charge in [0.15, 0.2) is 5.75 Å². The molecule has 2 fully saturated rings. The van der Waals surface area contributed by atoms with E-state index in [1.807, 2.05) is 20.8 Å². The van der Waals surface area contributed by atoms with Crippen LogP contribution in [0.4, 0.5) is 16.2 Å². The SMILES string of the molecule is COc1cc(N2CCN(C3CN(C(=O)OC(C)(C)C)C3)CC2)ccc1[N+](=O)[O-]. The summed E-state index contributed by atoms with van der Waals surface area (Å²) in [5, 5.41) is 11.0. The minimum absolute atomic E-state index is 0.0263. The van der Waals surface area contributed by atoms with Crippen LogP contribution in [0, 0.1) is 10.1 Å². The van der Waals surface area contributed by atoms with E-state index in [0.29, 0.717) is 19.1 Å². The highest BCUT2D eigenvalue weighted by atomic mass is 16.6.